The Labute approximate surface area is 185 Å². The fourth-order valence-electron chi connectivity index (χ4n) is 4.09. The van der Waals surface area contributed by atoms with Gasteiger partial charge in [0.15, 0.2) is 0 Å². The quantitative estimate of drug-likeness (QED) is 0.239. The predicted octanol–water partition coefficient (Wildman–Crippen LogP) is 4.83. The number of unbranched alkanes of at least 4 members (excludes halogenated alkanes) is 1. The van der Waals surface area contributed by atoms with Gasteiger partial charge in [0.1, 0.15) is 11.3 Å². The van der Waals surface area contributed by atoms with E-state index in [1.54, 1.807) is 13.3 Å². The van der Waals surface area contributed by atoms with Crippen molar-refractivity contribution in [2.75, 3.05) is 24.3 Å². The number of carbonyl (C=O) groups excluding carboxylic acids is 1. The van der Waals surface area contributed by atoms with Gasteiger partial charge in [-0.1, -0.05) is 30.3 Å². The lowest BCUT2D eigenvalue weighted by Gasteiger charge is -2.03. The van der Waals surface area contributed by atoms with Crippen LogP contribution in [0.25, 0.3) is 22.7 Å². The summed E-state index contributed by atoms with van der Waals surface area (Å²) in [4.78, 5) is 23.9. The van der Waals surface area contributed by atoms with Crippen LogP contribution in [0.5, 0.6) is 5.75 Å². The molecule has 4 aromatic rings. The highest BCUT2D eigenvalue weighted by molar-refractivity contribution is 6.37. The first-order valence-electron chi connectivity index (χ1n) is 10.8. The van der Waals surface area contributed by atoms with Crippen LogP contribution in [0.1, 0.15) is 29.7 Å². The molecular formula is C25H25N5O2. The maximum Gasteiger partial charge on any atom is 0.256 e. The number of anilines is 2. The van der Waals surface area contributed by atoms with Gasteiger partial charge in [0.2, 0.25) is 5.95 Å². The monoisotopic (exact) mass is 427 g/mol. The van der Waals surface area contributed by atoms with Crippen LogP contribution >= 0.6 is 0 Å². The highest BCUT2D eigenvalue weighted by Crippen LogP contribution is 2.39. The Kier molecular flexibility index (Phi) is 5.37. The number of nitrogens with one attached hydrogen (secondary N) is 4. The summed E-state index contributed by atoms with van der Waals surface area (Å²) in [6, 6.07) is 16.2. The van der Waals surface area contributed by atoms with Crippen molar-refractivity contribution >= 4 is 40.2 Å². The smallest absolute Gasteiger partial charge is 0.256 e. The van der Waals surface area contributed by atoms with Crippen LogP contribution in [0, 0.1) is 0 Å². The lowest BCUT2D eigenvalue weighted by atomic mass is 10.0. The van der Waals surface area contributed by atoms with E-state index in [0.717, 1.165) is 53.8 Å². The number of ether oxygens (including phenoxy) is 1. The summed E-state index contributed by atoms with van der Waals surface area (Å²) in [6.07, 6.45) is 6.82. The molecule has 32 heavy (non-hydrogen) atoms. The normalized spacial score (nSPS) is 14.0. The third-order valence-electron chi connectivity index (χ3n) is 5.69. The first-order chi connectivity index (χ1) is 15.7. The largest absolute Gasteiger partial charge is 0.495 e. The van der Waals surface area contributed by atoms with Crippen LogP contribution < -0.4 is 15.4 Å². The zero-order chi connectivity index (χ0) is 21.9. The second-order valence-corrected chi connectivity index (χ2v) is 7.81. The fraction of sp³-hybridized carbons (Fsp3) is 0.200. The van der Waals surface area contributed by atoms with Gasteiger partial charge in [0.25, 0.3) is 5.91 Å². The molecule has 2 aromatic heterocycles. The minimum atomic E-state index is -0.150. The summed E-state index contributed by atoms with van der Waals surface area (Å²) in [5.74, 6) is 1.25. The molecule has 0 spiro atoms. The number of H-pyrrole nitrogens is 2. The van der Waals surface area contributed by atoms with Crippen LogP contribution in [0.2, 0.25) is 0 Å². The van der Waals surface area contributed by atoms with Crippen LogP contribution in [0.3, 0.4) is 0 Å². The number of imidazole rings is 1. The van der Waals surface area contributed by atoms with E-state index >= 15 is 0 Å². The molecule has 162 valence electrons. The molecular weight excluding hydrogens is 402 g/mol. The number of nitrogens with zero attached hydrogens (tertiary/aromatic N) is 1. The number of rotatable bonds is 8. The number of aromatic amines is 2. The molecule has 0 saturated carbocycles. The SMILES string of the molecule is COc1cc[nH]c1/C=C1\C(=O)Nc2ccc3[nH]c(NCCCCc4ccccc4)nc3c21. The molecule has 0 aliphatic carbocycles. The van der Waals surface area contributed by atoms with Crippen molar-refractivity contribution in [3.05, 3.63) is 71.5 Å². The first-order valence-corrected chi connectivity index (χ1v) is 10.8. The molecule has 0 unspecified atom stereocenters. The molecule has 1 amide bonds. The van der Waals surface area contributed by atoms with Gasteiger partial charge in [0, 0.05) is 18.3 Å². The molecule has 2 aromatic carbocycles. The van der Waals surface area contributed by atoms with Crippen LogP contribution in [-0.2, 0) is 11.2 Å². The Morgan fingerprint density at radius 3 is 2.81 bits per heavy atom. The molecule has 0 bridgehead atoms. The molecule has 4 N–H and O–H groups in total. The summed E-state index contributed by atoms with van der Waals surface area (Å²) in [6.45, 7) is 0.828. The number of hydrogen-bond acceptors (Lipinski definition) is 4. The number of carbonyl (C=O) groups is 1. The van der Waals surface area contributed by atoms with Gasteiger partial charge in [-0.3, -0.25) is 4.79 Å². The molecule has 0 fully saturated rings. The lowest BCUT2D eigenvalue weighted by molar-refractivity contribution is -0.110. The van der Waals surface area contributed by atoms with E-state index in [1.807, 2.05) is 30.3 Å². The maximum absolute atomic E-state index is 12.7. The molecule has 7 nitrogen and oxygen atoms in total. The molecule has 3 heterocycles. The average Bonchev–Trinajstić information content (AvgIpc) is 3.51. The summed E-state index contributed by atoms with van der Waals surface area (Å²) in [5.41, 5.74) is 5.89. The molecule has 7 heteroatoms. The van der Waals surface area contributed by atoms with Crippen molar-refractivity contribution in [1.29, 1.82) is 0 Å². The summed E-state index contributed by atoms with van der Waals surface area (Å²) >= 11 is 0. The van der Waals surface area contributed by atoms with Crippen molar-refractivity contribution in [1.82, 2.24) is 15.0 Å². The Balaban J connectivity index is 1.33. The van der Waals surface area contributed by atoms with Crippen molar-refractivity contribution < 1.29 is 9.53 Å². The number of amides is 1. The van der Waals surface area contributed by atoms with Gasteiger partial charge in [-0.05, 0) is 49.1 Å². The van der Waals surface area contributed by atoms with Gasteiger partial charge in [-0.2, -0.15) is 0 Å². The molecule has 1 aliphatic rings. The molecule has 0 saturated heterocycles. The highest BCUT2D eigenvalue weighted by atomic mass is 16.5. The molecule has 0 radical (unpaired) electrons. The van der Waals surface area contributed by atoms with E-state index in [1.165, 1.54) is 5.56 Å². The number of aromatic nitrogens is 3. The summed E-state index contributed by atoms with van der Waals surface area (Å²) in [5, 5.41) is 6.32. The number of hydrogen-bond donors (Lipinski definition) is 4. The zero-order valence-electron chi connectivity index (χ0n) is 17.9. The predicted molar refractivity (Wildman–Crippen MR) is 128 cm³/mol. The van der Waals surface area contributed by atoms with E-state index in [-0.39, 0.29) is 5.91 Å². The van der Waals surface area contributed by atoms with Crippen molar-refractivity contribution in [2.45, 2.75) is 19.3 Å². The van der Waals surface area contributed by atoms with E-state index in [9.17, 15) is 4.79 Å². The Morgan fingerprint density at radius 1 is 1.09 bits per heavy atom. The summed E-state index contributed by atoms with van der Waals surface area (Å²) < 4.78 is 5.36. The number of methoxy groups -OCH3 is 1. The number of fused-ring (bicyclic) bond motifs is 3. The zero-order valence-corrected chi connectivity index (χ0v) is 17.9. The molecule has 1 aliphatic heterocycles. The first kappa shape index (κ1) is 19.9. The van der Waals surface area contributed by atoms with Gasteiger partial charge in [-0.25, -0.2) is 4.98 Å². The molecule has 5 rings (SSSR count). The minimum absolute atomic E-state index is 0.150. The van der Waals surface area contributed by atoms with Gasteiger partial charge >= 0.3 is 0 Å². The van der Waals surface area contributed by atoms with E-state index in [4.69, 9.17) is 9.72 Å². The van der Waals surface area contributed by atoms with E-state index in [2.05, 4.69) is 44.9 Å². The van der Waals surface area contributed by atoms with Crippen molar-refractivity contribution in [3.8, 4) is 5.75 Å². The minimum Gasteiger partial charge on any atom is -0.495 e. The summed E-state index contributed by atoms with van der Waals surface area (Å²) in [7, 11) is 1.61. The van der Waals surface area contributed by atoms with Crippen LogP contribution in [0.4, 0.5) is 11.6 Å². The van der Waals surface area contributed by atoms with Gasteiger partial charge in [-0.15, -0.1) is 0 Å². The lowest BCUT2D eigenvalue weighted by Crippen LogP contribution is -2.04. The number of benzene rings is 2. The van der Waals surface area contributed by atoms with Gasteiger partial charge < -0.3 is 25.3 Å². The van der Waals surface area contributed by atoms with Crippen molar-refractivity contribution in [3.63, 3.8) is 0 Å². The Bertz CT molecular complexity index is 1290. The average molecular weight is 428 g/mol. The van der Waals surface area contributed by atoms with Crippen molar-refractivity contribution in [2.24, 2.45) is 0 Å². The van der Waals surface area contributed by atoms with Crippen LogP contribution in [-0.4, -0.2) is 34.5 Å². The fourth-order valence-corrected chi connectivity index (χ4v) is 4.09. The third kappa shape index (κ3) is 3.85. The highest BCUT2D eigenvalue weighted by Gasteiger charge is 2.28. The molecule has 0 atom stereocenters. The standard InChI is InChI=1S/C25H25N5O2/c1-32-21-12-14-26-20(21)15-17-22-18(28-24(17)31)10-11-19-23(22)30-25(29-19)27-13-6-5-9-16-7-3-2-4-8-16/h2-4,7-8,10-12,14-15,26H,5-6,9,13H2,1H3,(H,28,31)(H2,27,29,30)/b17-15-. The van der Waals surface area contributed by atoms with Gasteiger partial charge in [0.05, 0.1) is 29.6 Å². The van der Waals surface area contributed by atoms with Crippen LogP contribution in [0.15, 0.2) is 54.7 Å². The Morgan fingerprint density at radius 2 is 1.97 bits per heavy atom. The van der Waals surface area contributed by atoms with E-state index in [0.29, 0.717) is 17.3 Å². The Hall–Kier alpha value is -4.00. The third-order valence-corrected chi connectivity index (χ3v) is 5.69. The number of aryl methyl sites for hydroxylation is 1. The topological polar surface area (TPSA) is 94.8 Å². The maximum atomic E-state index is 12.7. The second kappa shape index (κ2) is 8.63. The van der Waals surface area contributed by atoms with E-state index < -0.39 is 0 Å². The second-order valence-electron chi connectivity index (χ2n) is 7.81.